The fourth-order valence-corrected chi connectivity index (χ4v) is 1.32. The Morgan fingerprint density at radius 3 is 2.67 bits per heavy atom. The maximum Gasteiger partial charge on any atom is 0.173 e. The Labute approximate surface area is 88.2 Å². The summed E-state index contributed by atoms with van der Waals surface area (Å²) < 4.78 is 14.8. The largest absolute Gasteiger partial charge is 0.390 e. The molecule has 0 saturated heterocycles. The van der Waals surface area contributed by atoms with E-state index in [-0.39, 0.29) is 18.1 Å². The second-order valence-electron chi connectivity index (χ2n) is 2.99. The highest BCUT2D eigenvalue weighted by atomic mass is 19.1. The zero-order valence-electron chi connectivity index (χ0n) is 9.16. The van der Waals surface area contributed by atoms with Crippen LogP contribution >= 0.6 is 0 Å². The van der Waals surface area contributed by atoms with Gasteiger partial charge in [0.15, 0.2) is 11.5 Å². The molecule has 2 heterocycles. The number of aliphatic hydroxyl groups is 1. The summed E-state index contributed by atoms with van der Waals surface area (Å²) >= 11 is 0. The van der Waals surface area contributed by atoms with Crippen molar-refractivity contribution in [3.63, 3.8) is 0 Å². The summed E-state index contributed by atoms with van der Waals surface area (Å²) in [6.07, 6.45) is 3.38. The van der Waals surface area contributed by atoms with E-state index in [1.54, 1.807) is 23.7 Å². The highest BCUT2D eigenvalue weighted by molar-refractivity contribution is 5.43. The van der Waals surface area contributed by atoms with Gasteiger partial charge in [-0.05, 0) is 18.6 Å². The van der Waals surface area contributed by atoms with Crippen LogP contribution in [0.5, 0.6) is 0 Å². The first-order chi connectivity index (χ1) is 7.20. The van der Waals surface area contributed by atoms with E-state index in [9.17, 15) is 4.39 Å². The second-order valence-corrected chi connectivity index (χ2v) is 2.99. The van der Waals surface area contributed by atoms with Gasteiger partial charge in [-0.2, -0.15) is 0 Å². The molecule has 0 spiro atoms. The third-order valence-electron chi connectivity index (χ3n) is 1.85. The molecule has 0 aliphatic rings. The minimum atomic E-state index is -0.361. The zero-order valence-corrected chi connectivity index (χ0v) is 9.16. The number of hydrogen-bond acceptors (Lipinski definition) is 2. The lowest BCUT2D eigenvalue weighted by molar-refractivity contribution is 0.277. The van der Waals surface area contributed by atoms with Crippen LogP contribution in [-0.4, -0.2) is 14.5 Å². The van der Waals surface area contributed by atoms with Crippen LogP contribution in [0.2, 0.25) is 0 Å². The molecule has 1 N–H and O–H groups in total. The molecule has 0 saturated carbocycles. The quantitative estimate of drug-likeness (QED) is 0.784. The predicted molar refractivity (Wildman–Crippen MR) is 57.2 cm³/mol. The number of nitrogens with zero attached hydrogens (tertiary/aromatic N) is 2. The van der Waals surface area contributed by atoms with Gasteiger partial charge in [-0.1, -0.05) is 13.8 Å². The summed E-state index contributed by atoms with van der Waals surface area (Å²) in [5, 5.41) is 8.80. The monoisotopic (exact) mass is 210 g/mol. The Hall–Kier alpha value is -1.42. The second kappa shape index (κ2) is 4.89. The summed E-state index contributed by atoms with van der Waals surface area (Å²) in [6.45, 7) is 5.64. The van der Waals surface area contributed by atoms with Crippen molar-refractivity contribution in [1.82, 2.24) is 9.38 Å². The maximum absolute atomic E-state index is 13.2. The van der Waals surface area contributed by atoms with Crippen molar-refractivity contribution in [3.8, 4) is 0 Å². The Balaban J connectivity index is 0.000000531. The summed E-state index contributed by atoms with van der Waals surface area (Å²) in [6, 6.07) is 1.42. The first-order valence-corrected chi connectivity index (χ1v) is 4.95. The molecule has 0 aromatic carbocycles. The van der Waals surface area contributed by atoms with Crippen LogP contribution in [0.3, 0.4) is 0 Å². The number of aliphatic hydroxyl groups excluding tert-OH is 1. The van der Waals surface area contributed by atoms with Crippen molar-refractivity contribution in [2.24, 2.45) is 0 Å². The Bertz CT molecular complexity index is 451. The molecular formula is C11H15FN2O. The first kappa shape index (κ1) is 11.7. The summed E-state index contributed by atoms with van der Waals surface area (Å²) in [5.41, 5.74) is 1.56. The molecule has 2 aromatic rings. The highest BCUT2D eigenvalue weighted by Gasteiger charge is 2.05. The fraction of sp³-hybridized carbons (Fsp3) is 0.364. The molecule has 2 rings (SSSR count). The molecule has 15 heavy (non-hydrogen) atoms. The number of halogens is 1. The molecular weight excluding hydrogens is 195 g/mol. The lowest BCUT2D eigenvalue weighted by Gasteiger charge is -1.96. The van der Waals surface area contributed by atoms with Crippen molar-refractivity contribution in [3.05, 3.63) is 35.5 Å². The number of hydrogen-bond donors (Lipinski definition) is 1. The molecule has 3 nitrogen and oxygen atoms in total. The molecule has 0 aliphatic carbocycles. The molecule has 0 radical (unpaired) electrons. The van der Waals surface area contributed by atoms with E-state index in [1.165, 1.54) is 6.07 Å². The highest BCUT2D eigenvalue weighted by Crippen LogP contribution is 2.11. The normalized spacial score (nSPS) is 9.93. The van der Waals surface area contributed by atoms with E-state index in [0.29, 0.717) is 5.69 Å². The topological polar surface area (TPSA) is 37.5 Å². The molecule has 4 heteroatoms. The third kappa shape index (κ3) is 2.33. The van der Waals surface area contributed by atoms with Crippen LogP contribution in [-0.2, 0) is 6.61 Å². The van der Waals surface area contributed by atoms with Crippen molar-refractivity contribution in [2.45, 2.75) is 27.4 Å². The maximum atomic E-state index is 13.2. The molecule has 0 atom stereocenters. The van der Waals surface area contributed by atoms with Crippen molar-refractivity contribution in [2.75, 3.05) is 0 Å². The van der Waals surface area contributed by atoms with Crippen LogP contribution in [0, 0.1) is 12.7 Å². The van der Waals surface area contributed by atoms with E-state index >= 15 is 0 Å². The fourth-order valence-electron chi connectivity index (χ4n) is 1.32. The number of fused-ring (bicyclic) bond motifs is 1. The van der Waals surface area contributed by atoms with Gasteiger partial charge >= 0.3 is 0 Å². The lowest BCUT2D eigenvalue weighted by Crippen LogP contribution is -1.89. The average Bonchev–Trinajstić information content (AvgIpc) is 2.64. The van der Waals surface area contributed by atoms with Crippen LogP contribution in [0.4, 0.5) is 4.39 Å². The van der Waals surface area contributed by atoms with Gasteiger partial charge in [-0.15, -0.1) is 0 Å². The molecule has 2 aromatic heterocycles. The lowest BCUT2D eigenvalue weighted by atomic mass is 10.3. The van der Waals surface area contributed by atoms with Crippen LogP contribution in [0.15, 0.2) is 18.5 Å². The minimum Gasteiger partial charge on any atom is -0.390 e. The number of aromatic nitrogens is 2. The summed E-state index contributed by atoms with van der Waals surface area (Å²) in [7, 11) is 0. The van der Waals surface area contributed by atoms with Gasteiger partial charge in [0.25, 0.3) is 0 Å². The summed E-state index contributed by atoms with van der Waals surface area (Å²) in [4.78, 5) is 3.91. The van der Waals surface area contributed by atoms with E-state index in [2.05, 4.69) is 4.98 Å². The summed E-state index contributed by atoms with van der Waals surface area (Å²) in [5.74, 6) is -0.361. The SMILES string of the molecule is CC.Cc1cc(F)c2nc(CO)cn2c1. The Morgan fingerprint density at radius 2 is 2.07 bits per heavy atom. The number of pyridine rings is 1. The van der Waals surface area contributed by atoms with Gasteiger partial charge in [0.05, 0.1) is 12.3 Å². The standard InChI is InChI=1S/C9H9FN2O.C2H6/c1-6-2-8(10)9-11-7(5-13)4-12(9)3-6;1-2/h2-4,13H,5H2,1H3;1-2H3. The van der Waals surface area contributed by atoms with Crippen LogP contribution < -0.4 is 0 Å². The smallest absolute Gasteiger partial charge is 0.173 e. The molecule has 0 bridgehead atoms. The molecule has 0 fully saturated rings. The van der Waals surface area contributed by atoms with Gasteiger partial charge in [-0.25, -0.2) is 9.37 Å². The van der Waals surface area contributed by atoms with Crippen molar-refractivity contribution < 1.29 is 9.50 Å². The van der Waals surface area contributed by atoms with E-state index < -0.39 is 0 Å². The third-order valence-corrected chi connectivity index (χ3v) is 1.85. The van der Waals surface area contributed by atoms with Gasteiger partial charge in [0, 0.05) is 12.4 Å². The molecule has 0 aliphatic heterocycles. The van der Waals surface area contributed by atoms with Gasteiger partial charge in [0.1, 0.15) is 0 Å². The van der Waals surface area contributed by atoms with Crippen LogP contribution in [0.25, 0.3) is 5.65 Å². The first-order valence-electron chi connectivity index (χ1n) is 4.95. The van der Waals surface area contributed by atoms with Crippen molar-refractivity contribution in [1.29, 1.82) is 0 Å². The number of aryl methyl sites for hydroxylation is 1. The van der Waals surface area contributed by atoms with Crippen molar-refractivity contribution >= 4 is 5.65 Å². The zero-order chi connectivity index (χ0) is 11.4. The minimum absolute atomic E-state index is 0.167. The predicted octanol–water partition coefficient (Wildman–Crippen LogP) is 2.30. The molecule has 82 valence electrons. The van der Waals surface area contributed by atoms with E-state index in [1.807, 2.05) is 13.8 Å². The van der Waals surface area contributed by atoms with Gasteiger partial charge < -0.3 is 9.51 Å². The number of rotatable bonds is 1. The van der Waals surface area contributed by atoms with E-state index in [4.69, 9.17) is 5.11 Å². The Kier molecular flexibility index (Phi) is 3.80. The van der Waals surface area contributed by atoms with E-state index in [0.717, 1.165) is 5.56 Å². The molecule has 0 unspecified atom stereocenters. The Morgan fingerprint density at radius 1 is 1.40 bits per heavy atom. The van der Waals surface area contributed by atoms with Gasteiger partial charge in [-0.3, -0.25) is 0 Å². The number of imidazole rings is 1. The molecule has 0 amide bonds. The average molecular weight is 210 g/mol. The van der Waals surface area contributed by atoms with Crippen LogP contribution in [0.1, 0.15) is 25.1 Å². The van der Waals surface area contributed by atoms with Gasteiger partial charge in [0.2, 0.25) is 0 Å².